The van der Waals surface area contributed by atoms with Crippen LogP contribution in [0.25, 0.3) is 38.5 Å². The minimum absolute atomic E-state index is 0. The number of nitriles is 2. The second kappa shape index (κ2) is 13.2. The van der Waals surface area contributed by atoms with Crippen molar-refractivity contribution in [3.8, 4) is 45.8 Å². The molecule has 5 nitrogen and oxygen atoms in total. The van der Waals surface area contributed by atoms with E-state index in [0.29, 0.717) is 11.3 Å². The molecule has 5 rings (SSSR count). The van der Waals surface area contributed by atoms with E-state index in [4.69, 9.17) is 17.1 Å². The third-order valence-corrected chi connectivity index (χ3v) is 5.19. The Hall–Kier alpha value is -4.92. The van der Waals surface area contributed by atoms with Crippen molar-refractivity contribution in [2.45, 2.75) is 0 Å². The van der Waals surface area contributed by atoms with Crippen molar-refractivity contribution < 1.29 is 20.1 Å². The van der Waals surface area contributed by atoms with Gasteiger partial charge in [-0.3, -0.25) is 4.85 Å². The smallest absolute Gasteiger partial charge is 0.123 e. The van der Waals surface area contributed by atoms with Gasteiger partial charge in [-0.1, -0.05) is 54.6 Å². The SMILES string of the molecule is [C-]#[N+]c1[c-]c(-c2ccccn2)c(C#N)cc1C#N.[Ir].[c-]1ccccc1-c1ccc(-c2ccccc2)cn1. The van der Waals surface area contributed by atoms with Crippen molar-refractivity contribution in [2.24, 2.45) is 0 Å². The van der Waals surface area contributed by atoms with Crippen molar-refractivity contribution in [3.63, 3.8) is 0 Å². The van der Waals surface area contributed by atoms with Crippen molar-refractivity contribution in [3.05, 3.63) is 138 Å². The van der Waals surface area contributed by atoms with Gasteiger partial charge in [0, 0.05) is 44.6 Å². The molecule has 0 unspecified atom stereocenters. The Kier molecular flexibility index (Phi) is 9.55. The van der Waals surface area contributed by atoms with Gasteiger partial charge >= 0.3 is 0 Å². The molecule has 0 atom stereocenters. The summed E-state index contributed by atoms with van der Waals surface area (Å²) in [5.74, 6) is 0. The number of rotatable bonds is 3. The molecule has 177 valence electrons. The summed E-state index contributed by atoms with van der Waals surface area (Å²) in [7, 11) is 0. The first kappa shape index (κ1) is 26.7. The second-order valence-corrected chi connectivity index (χ2v) is 7.45. The van der Waals surface area contributed by atoms with Crippen LogP contribution in [0.3, 0.4) is 0 Å². The van der Waals surface area contributed by atoms with Crippen molar-refractivity contribution >= 4 is 5.69 Å². The van der Waals surface area contributed by atoms with E-state index in [1.807, 2.05) is 66.9 Å². The molecule has 0 bridgehead atoms. The van der Waals surface area contributed by atoms with Gasteiger partial charge in [0.25, 0.3) is 0 Å². The fourth-order valence-corrected chi connectivity index (χ4v) is 3.42. The number of benzene rings is 3. The Morgan fingerprint density at radius 3 is 2.11 bits per heavy atom. The molecule has 0 fully saturated rings. The molecule has 1 radical (unpaired) electrons. The molecule has 0 aliphatic carbocycles. The number of nitrogens with zero attached hydrogens (tertiary/aromatic N) is 5. The van der Waals surface area contributed by atoms with Crippen LogP contribution in [0.1, 0.15) is 11.1 Å². The second-order valence-electron chi connectivity index (χ2n) is 7.45. The predicted molar refractivity (Wildman–Crippen MR) is 138 cm³/mol. The Labute approximate surface area is 229 Å². The molecule has 0 saturated heterocycles. The van der Waals surface area contributed by atoms with Gasteiger partial charge < -0.3 is 9.97 Å². The zero-order valence-corrected chi connectivity index (χ0v) is 21.8. The van der Waals surface area contributed by atoms with Crippen molar-refractivity contribution in [2.75, 3.05) is 0 Å². The van der Waals surface area contributed by atoms with Gasteiger partial charge in [-0.05, 0) is 39.7 Å². The quantitative estimate of drug-likeness (QED) is 0.196. The standard InChI is InChI=1S/C17H12N.C14H5N4.Ir/c1-3-7-14(8-4-1)16-11-12-17(18-13-16)15-9-5-2-6-10-15;1-17-14-7-12(13-4-2-3-5-18-13)10(8-15)6-11(14)9-16;/h1-9,11-13H;2-6H;/q2*-1;. The van der Waals surface area contributed by atoms with Crippen LogP contribution < -0.4 is 0 Å². The van der Waals surface area contributed by atoms with Gasteiger partial charge in [0.1, 0.15) is 5.69 Å². The monoisotopic (exact) mass is 652 g/mol. The molecular formula is C31H17IrN5-2. The Balaban J connectivity index is 0.000000200. The molecule has 0 aliphatic rings. The van der Waals surface area contributed by atoms with Crippen LogP contribution in [0.5, 0.6) is 0 Å². The maximum absolute atomic E-state index is 9.08. The van der Waals surface area contributed by atoms with E-state index in [1.165, 1.54) is 11.6 Å². The normalized spacial score (nSPS) is 9.32. The van der Waals surface area contributed by atoms with Crippen LogP contribution in [-0.4, -0.2) is 9.97 Å². The van der Waals surface area contributed by atoms with Crippen LogP contribution in [0, 0.1) is 41.4 Å². The van der Waals surface area contributed by atoms with E-state index in [0.717, 1.165) is 16.8 Å². The molecule has 6 heteroatoms. The molecule has 0 aliphatic heterocycles. The fourth-order valence-electron chi connectivity index (χ4n) is 3.42. The molecule has 2 heterocycles. The summed E-state index contributed by atoms with van der Waals surface area (Å²) in [6.45, 7) is 7.01. The van der Waals surface area contributed by atoms with Crippen LogP contribution in [0.15, 0.2) is 103 Å². The average molecular weight is 652 g/mol. The molecular weight excluding hydrogens is 635 g/mol. The Morgan fingerprint density at radius 2 is 1.51 bits per heavy atom. The van der Waals surface area contributed by atoms with Crippen LogP contribution in [-0.2, 0) is 20.1 Å². The van der Waals surface area contributed by atoms with Crippen LogP contribution >= 0.6 is 0 Å². The summed E-state index contributed by atoms with van der Waals surface area (Å²) in [6.07, 6.45) is 3.51. The average Bonchev–Trinajstić information content (AvgIpc) is 2.98. The Morgan fingerprint density at radius 1 is 0.757 bits per heavy atom. The fraction of sp³-hybridized carbons (Fsp3) is 0. The van der Waals surface area contributed by atoms with E-state index in [2.05, 4.69) is 45.1 Å². The molecule has 0 amide bonds. The van der Waals surface area contributed by atoms with Gasteiger partial charge in [-0.25, -0.2) is 10.5 Å². The predicted octanol–water partition coefficient (Wildman–Crippen LogP) is 7.06. The number of pyridine rings is 2. The first-order valence-electron chi connectivity index (χ1n) is 10.9. The van der Waals surface area contributed by atoms with Gasteiger partial charge in [-0.15, -0.1) is 53.6 Å². The van der Waals surface area contributed by atoms with Crippen molar-refractivity contribution in [1.29, 1.82) is 10.5 Å². The van der Waals surface area contributed by atoms with E-state index in [-0.39, 0.29) is 36.9 Å². The van der Waals surface area contributed by atoms with Crippen LogP contribution in [0.4, 0.5) is 5.69 Å². The van der Waals surface area contributed by atoms with Gasteiger partial charge in [0.2, 0.25) is 0 Å². The first-order chi connectivity index (χ1) is 17.7. The number of aromatic nitrogens is 2. The molecule has 0 saturated carbocycles. The summed E-state index contributed by atoms with van der Waals surface area (Å²) in [6, 6.07) is 38.8. The van der Waals surface area contributed by atoms with Gasteiger partial charge in [-0.2, -0.15) is 0 Å². The van der Waals surface area contributed by atoms with E-state index in [9.17, 15) is 0 Å². The molecule has 37 heavy (non-hydrogen) atoms. The minimum atomic E-state index is 0. The first-order valence-corrected chi connectivity index (χ1v) is 10.9. The number of hydrogen-bond donors (Lipinski definition) is 0. The number of hydrogen-bond acceptors (Lipinski definition) is 4. The largest absolute Gasteiger partial charge is 0.305 e. The van der Waals surface area contributed by atoms with Crippen LogP contribution in [0.2, 0.25) is 0 Å². The molecule has 0 N–H and O–H groups in total. The summed E-state index contributed by atoms with van der Waals surface area (Å²) in [5, 5.41) is 18.0. The summed E-state index contributed by atoms with van der Waals surface area (Å²) in [4.78, 5) is 11.9. The minimum Gasteiger partial charge on any atom is -0.305 e. The topological polar surface area (TPSA) is 77.7 Å². The van der Waals surface area contributed by atoms with Crippen molar-refractivity contribution in [1.82, 2.24) is 9.97 Å². The van der Waals surface area contributed by atoms with E-state index >= 15 is 0 Å². The molecule has 3 aromatic carbocycles. The van der Waals surface area contributed by atoms with E-state index in [1.54, 1.807) is 24.4 Å². The Bertz CT molecular complexity index is 1520. The third-order valence-electron chi connectivity index (χ3n) is 5.19. The third kappa shape index (κ3) is 6.60. The molecule has 0 spiro atoms. The molecule has 5 aromatic rings. The zero-order valence-electron chi connectivity index (χ0n) is 19.4. The van der Waals surface area contributed by atoms with E-state index < -0.39 is 0 Å². The summed E-state index contributed by atoms with van der Waals surface area (Å²) >= 11 is 0. The summed E-state index contributed by atoms with van der Waals surface area (Å²) in [5.41, 5.74) is 5.86. The summed E-state index contributed by atoms with van der Waals surface area (Å²) < 4.78 is 0. The van der Waals surface area contributed by atoms with Gasteiger partial charge in [0.05, 0.1) is 6.57 Å². The zero-order chi connectivity index (χ0) is 25.2. The molecule has 2 aromatic heterocycles. The maximum atomic E-state index is 9.08. The maximum Gasteiger partial charge on any atom is 0.123 e. The van der Waals surface area contributed by atoms with Gasteiger partial charge in [0.15, 0.2) is 0 Å².